The van der Waals surface area contributed by atoms with E-state index in [-0.39, 0.29) is 18.3 Å². The first kappa shape index (κ1) is 27.3. The maximum atomic E-state index is 14.6. The lowest BCUT2D eigenvalue weighted by Crippen LogP contribution is -2.25. The lowest BCUT2D eigenvalue weighted by molar-refractivity contribution is 0.00832. The predicted molar refractivity (Wildman–Crippen MR) is 138 cm³/mol. The molecule has 2 aromatic rings. The third-order valence-electron chi connectivity index (χ3n) is 5.21. The Kier molecular flexibility index (Phi) is 10.5. The number of allylic oxidation sites excluding steroid dienone is 5. The van der Waals surface area contributed by atoms with Crippen molar-refractivity contribution in [3.05, 3.63) is 82.4 Å². The second-order valence-corrected chi connectivity index (χ2v) is 7.61. The van der Waals surface area contributed by atoms with E-state index in [9.17, 15) is 9.18 Å². The molecule has 5 nitrogen and oxygen atoms in total. The van der Waals surface area contributed by atoms with Crippen LogP contribution in [0.15, 0.2) is 65.5 Å². The summed E-state index contributed by atoms with van der Waals surface area (Å²) in [5.41, 5.74) is 2.98. The van der Waals surface area contributed by atoms with Crippen molar-refractivity contribution >= 4 is 23.3 Å². The molecule has 4 rings (SSSR count). The number of aliphatic imine (C=N–C) groups is 1. The summed E-state index contributed by atoms with van der Waals surface area (Å²) in [7, 11) is 0. The first-order valence-corrected chi connectivity index (χ1v) is 12.2. The second kappa shape index (κ2) is 13.0. The van der Waals surface area contributed by atoms with Crippen molar-refractivity contribution in [2.75, 3.05) is 0 Å². The number of hydrogen-bond donors (Lipinski definition) is 0. The van der Waals surface area contributed by atoms with E-state index < -0.39 is 11.8 Å². The van der Waals surface area contributed by atoms with Crippen LogP contribution in [0.1, 0.15) is 75.6 Å². The van der Waals surface area contributed by atoms with Crippen molar-refractivity contribution in [3.63, 3.8) is 0 Å². The summed E-state index contributed by atoms with van der Waals surface area (Å²) in [4.78, 5) is 17.1. The molecule has 0 amide bonds. The molecule has 0 saturated heterocycles. The minimum absolute atomic E-state index is 0.0230. The van der Waals surface area contributed by atoms with Crippen molar-refractivity contribution in [2.24, 2.45) is 4.99 Å². The summed E-state index contributed by atoms with van der Waals surface area (Å²) in [6.45, 7) is 13.5. The van der Waals surface area contributed by atoms with Gasteiger partial charge in [-0.2, -0.15) is 5.10 Å². The number of aromatic nitrogens is 2. The number of hydrogen-bond acceptors (Lipinski definition) is 4. The van der Waals surface area contributed by atoms with Gasteiger partial charge in [-0.1, -0.05) is 64.1 Å². The molecule has 0 atom stereocenters. The van der Waals surface area contributed by atoms with E-state index in [1.807, 2.05) is 27.7 Å². The number of fused-ring (bicyclic) bond motifs is 3. The largest absolute Gasteiger partial charge is 0.458 e. The Hall–Kier alpha value is -2.99. The fraction of sp³-hybridized carbons (Fsp3) is 0.370. The van der Waals surface area contributed by atoms with Gasteiger partial charge < -0.3 is 4.74 Å². The molecule has 0 spiro atoms. The van der Waals surface area contributed by atoms with Gasteiger partial charge in [0.05, 0.1) is 23.6 Å². The molecule has 0 unspecified atom stereocenters. The number of nitrogens with zero attached hydrogens (tertiary/aromatic N) is 3. The molecule has 1 aliphatic heterocycles. The van der Waals surface area contributed by atoms with Gasteiger partial charge in [-0.25, -0.2) is 13.9 Å². The molecule has 0 radical (unpaired) electrons. The van der Waals surface area contributed by atoms with Gasteiger partial charge in [0.15, 0.2) is 5.69 Å². The highest BCUT2D eigenvalue weighted by atomic mass is 35.5. The molecular formula is C27H33ClFN3O2. The average Bonchev–Trinajstić information content (AvgIpc) is 3.21. The second-order valence-electron chi connectivity index (χ2n) is 7.17. The van der Waals surface area contributed by atoms with Crippen LogP contribution in [-0.2, 0) is 11.3 Å². The van der Waals surface area contributed by atoms with E-state index in [4.69, 9.17) is 16.3 Å². The molecule has 1 fully saturated rings. The zero-order valence-electron chi connectivity index (χ0n) is 20.6. The molecule has 0 N–H and O–H groups in total. The molecule has 0 bridgehead atoms. The molecule has 7 heteroatoms. The molecule has 34 heavy (non-hydrogen) atoms. The fourth-order valence-corrected chi connectivity index (χ4v) is 3.62. The molecule has 2 heterocycles. The number of ether oxygens (including phenoxy) is 1. The quantitative estimate of drug-likeness (QED) is 0.324. The zero-order chi connectivity index (χ0) is 25.3. The zero-order valence-corrected chi connectivity index (χ0v) is 21.3. The number of rotatable bonds is 5. The molecule has 1 aromatic carbocycles. The van der Waals surface area contributed by atoms with Crippen LogP contribution in [-0.4, -0.2) is 27.6 Å². The van der Waals surface area contributed by atoms with Crippen molar-refractivity contribution in [1.29, 1.82) is 0 Å². The number of halogens is 2. The Balaban J connectivity index is 0.000000970. The van der Waals surface area contributed by atoms with Crippen LogP contribution in [0.2, 0.25) is 5.02 Å². The van der Waals surface area contributed by atoms with Gasteiger partial charge in [0.2, 0.25) is 0 Å². The molecular weight excluding hydrogens is 453 g/mol. The average molecular weight is 486 g/mol. The van der Waals surface area contributed by atoms with Gasteiger partial charge in [0, 0.05) is 16.2 Å². The normalized spacial score (nSPS) is 15.1. The Morgan fingerprint density at radius 3 is 2.53 bits per heavy atom. The summed E-state index contributed by atoms with van der Waals surface area (Å²) >= 11 is 6.25. The van der Waals surface area contributed by atoms with Crippen LogP contribution in [0, 0.1) is 0 Å². The lowest BCUT2D eigenvalue weighted by Gasteiger charge is -2.24. The SMILES string of the molecule is C=C/C=C(C1=NCc2cc(C(=O)OC3CCC3)nn2-c2ccc(Cl)cc21)\C(F)=C/C.CC.CC. The molecule has 1 aliphatic carbocycles. The highest BCUT2D eigenvalue weighted by molar-refractivity contribution is 6.31. The van der Waals surface area contributed by atoms with Crippen LogP contribution in [0.4, 0.5) is 4.39 Å². The van der Waals surface area contributed by atoms with Gasteiger partial charge in [-0.3, -0.25) is 4.99 Å². The standard InChI is InChI=1S/C23H21ClFN3O2.2C2H6/c1-3-6-17(19(25)4-2)22-18-11-14(24)9-10-21(18)28-15(13-26-22)12-20(27-28)23(29)30-16-7-5-8-16;2*1-2/h3-4,6,9-12,16H,1,5,7-8,13H2,2H3;2*1-2H3/b17-6+,19-4+;;. The predicted octanol–water partition coefficient (Wildman–Crippen LogP) is 7.58. The number of benzene rings is 1. The molecule has 1 aromatic heterocycles. The van der Waals surface area contributed by atoms with Crippen molar-refractivity contribution < 1.29 is 13.9 Å². The minimum atomic E-state index is -0.438. The van der Waals surface area contributed by atoms with Crippen LogP contribution in [0.25, 0.3) is 5.69 Å². The van der Waals surface area contributed by atoms with Gasteiger partial charge >= 0.3 is 5.97 Å². The molecule has 1 saturated carbocycles. The van der Waals surface area contributed by atoms with E-state index in [2.05, 4.69) is 16.7 Å². The molecule has 182 valence electrons. The van der Waals surface area contributed by atoms with Gasteiger partial charge in [0.25, 0.3) is 0 Å². The Labute approximate surface area is 206 Å². The minimum Gasteiger partial charge on any atom is -0.458 e. The van der Waals surface area contributed by atoms with Crippen LogP contribution in [0.3, 0.4) is 0 Å². The number of carbonyl (C=O) groups excluding carboxylic acids is 1. The van der Waals surface area contributed by atoms with Crippen molar-refractivity contribution in [2.45, 2.75) is 66.5 Å². The van der Waals surface area contributed by atoms with E-state index in [1.165, 1.54) is 12.2 Å². The highest BCUT2D eigenvalue weighted by Gasteiger charge is 2.27. The third-order valence-corrected chi connectivity index (χ3v) is 5.44. The molecule has 2 aliphatic rings. The Morgan fingerprint density at radius 2 is 1.94 bits per heavy atom. The first-order chi connectivity index (χ1) is 16.5. The summed E-state index contributed by atoms with van der Waals surface area (Å²) in [6.07, 6.45) is 7.31. The van der Waals surface area contributed by atoms with Gasteiger partial charge in [-0.15, -0.1) is 0 Å². The highest BCUT2D eigenvalue weighted by Crippen LogP contribution is 2.30. The van der Waals surface area contributed by atoms with Crippen LogP contribution >= 0.6 is 11.6 Å². The third kappa shape index (κ3) is 5.92. The number of carbonyl (C=O) groups is 1. The van der Waals surface area contributed by atoms with Crippen molar-refractivity contribution in [1.82, 2.24) is 9.78 Å². The van der Waals surface area contributed by atoms with E-state index in [0.717, 1.165) is 19.3 Å². The van der Waals surface area contributed by atoms with E-state index in [1.54, 1.807) is 41.9 Å². The Bertz CT molecular complexity index is 1110. The first-order valence-electron chi connectivity index (χ1n) is 11.8. The summed E-state index contributed by atoms with van der Waals surface area (Å²) < 4.78 is 21.8. The number of esters is 1. The smallest absolute Gasteiger partial charge is 0.359 e. The van der Waals surface area contributed by atoms with Crippen LogP contribution < -0.4 is 0 Å². The maximum absolute atomic E-state index is 14.6. The van der Waals surface area contributed by atoms with E-state index >= 15 is 0 Å². The topological polar surface area (TPSA) is 56.5 Å². The van der Waals surface area contributed by atoms with Gasteiger partial charge in [0.1, 0.15) is 11.9 Å². The van der Waals surface area contributed by atoms with Crippen LogP contribution in [0.5, 0.6) is 0 Å². The monoisotopic (exact) mass is 485 g/mol. The van der Waals surface area contributed by atoms with Crippen molar-refractivity contribution in [3.8, 4) is 5.69 Å². The summed E-state index contributed by atoms with van der Waals surface area (Å²) in [5, 5.41) is 4.96. The lowest BCUT2D eigenvalue weighted by atomic mass is 9.96. The summed E-state index contributed by atoms with van der Waals surface area (Å²) in [6, 6.07) is 6.91. The fourth-order valence-electron chi connectivity index (χ4n) is 3.44. The maximum Gasteiger partial charge on any atom is 0.359 e. The van der Waals surface area contributed by atoms with E-state index in [0.29, 0.717) is 33.3 Å². The summed E-state index contributed by atoms with van der Waals surface area (Å²) in [5.74, 6) is -0.851. The van der Waals surface area contributed by atoms with Gasteiger partial charge in [-0.05, 0) is 50.5 Å². The Morgan fingerprint density at radius 1 is 1.24 bits per heavy atom.